The number of para-hydroxylation sites is 2. The molecule has 6 nitrogen and oxygen atoms in total. The van der Waals surface area contributed by atoms with E-state index in [0.717, 1.165) is 0 Å². The molecule has 0 atom stereocenters. The number of benzene rings is 2. The molecule has 2 rings (SSSR count). The SMILES string of the molecule is COc1c(C=O)cccc1OBOc1cccc(C=O)c1OC. The van der Waals surface area contributed by atoms with Crippen LogP contribution in [-0.4, -0.2) is 34.5 Å². The van der Waals surface area contributed by atoms with Crippen LogP contribution in [0, 0.1) is 0 Å². The zero-order chi connectivity index (χ0) is 16.7. The molecule has 0 bridgehead atoms. The second-order valence-electron chi connectivity index (χ2n) is 4.40. The van der Waals surface area contributed by atoms with Gasteiger partial charge in [0.1, 0.15) is 11.5 Å². The fourth-order valence-electron chi connectivity index (χ4n) is 2.07. The first kappa shape index (κ1) is 16.4. The van der Waals surface area contributed by atoms with Gasteiger partial charge in [0.05, 0.1) is 25.3 Å². The Morgan fingerprint density at radius 3 is 1.57 bits per heavy atom. The van der Waals surface area contributed by atoms with Gasteiger partial charge < -0.3 is 18.8 Å². The molecule has 0 heterocycles. The van der Waals surface area contributed by atoms with E-state index >= 15 is 0 Å². The van der Waals surface area contributed by atoms with Crippen LogP contribution in [0.15, 0.2) is 36.4 Å². The summed E-state index contributed by atoms with van der Waals surface area (Å²) in [6, 6.07) is 9.92. The highest BCUT2D eigenvalue weighted by molar-refractivity contribution is 6.21. The van der Waals surface area contributed by atoms with E-state index in [1.807, 2.05) is 0 Å². The van der Waals surface area contributed by atoms with Crippen molar-refractivity contribution in [2.75, 3.05) is 14.2 Å². The van der Waals surface area contributed by atoms with Crippen molar-refractivity contribution in [2.24, 2.45) is 0 Å². The predicted molar refractivity (Wildman–Crippen MR) is 85.2 cm³/mol. The largest absolute Gasteiger partial charge is 0.576 e. The summed E-state index contributed by atoms with van der Waals surface area (Å²) in [5, 5.41) is 0. The Morgan fingerprint density at radius 1 is 0.783 bits per heavy atom. The Labute approximate surface area is 134 Å². The number of ether oxygens (including phenoxy) is 2. The van der Waals surface area contributed by atoms with E-state index in [4.69, 9.17) is 18.8 Å². The molecule has 2 aromatic rings. The molecule has 0 spiro atoms. The second kappa shape index (κ2) is 7.88. The van der Waals surface area contributed by atoms with Gasteiger partial charge in [0, 0.05) is 0 Å². The van der Waals surface area contributed by atoms with Gasteiger partial charge in [-0.15, -0.1) is 0 Å². The minimum absolute atomic E-state index is 0.142. The molecule has 7 heteroatoms. The molecule has 0 aromatic heterocycles. The molecule has 0 aliphatic rings. The van der Waals surface area contributed by atoms with E-state index in [0.29, 0.717) is 46.7 Å². The second-order valence-corrected chi connectivity index (χ2v) is 4.40. The quantitative estimate of drug-likeness (QED) is 0.548. The van der Waals surface area contributed by atoms with E-state index in [9.17, 15) is 9.59 Å². The summed E-state index contributed by atoms with van der Waals surface area (Å²) < 4.78 is 21.3. The maximum absolute atomic E-state index is 11.0. The third-order valence-electron chi connectivity index (χ3n) is 3.11. The summed E-state index contributed by atoms with van der Waals surface area (Å²) in [6.07, 6.45) is 1.37. The average Bonchev–Trinajstić information content (AvgIpc) is 2.60. The number of hydrogen-bond acceptors (Lipinski definition) is 6. The normalized spacial score (nSPS) is 9.65. The van der Waals surface area contributed by atoms with E-state index in [2.05, 4.69) is 0 Å². The molecule has 23 heavy (non-hydrogen) atoms. The maximum atomic E-state index is 11.0. The van der Waals surface area contributed by atoms with Gasteiger partial charge in [-0.25, -0.2) is 0 Å². The summed E-state index contributed by atoms with van der Waals surface area (Å²) in [6.45, 7) is 0. The number of rotatable bonds is 8. The zero-order valence-electron chi connectivity index (χ0n) is 12.8. The lowest BCUT2D eigenvalue weighted by atomic mass is 10.2. The van der Waals surface area contributed by atoms with E-state index in [1.54, 1.807) is 36.4 Å². The zero-order valence-corrected chi connectivity index (χ0v) is 12.8. The molecule has 2 aromatic carbocycles. The van der Waals surface area contributed by atoms with Crippen LogP contribution in [0.4, 0.5) is 0 Å². The lowest BCUT2D eigenvalue weighted by Crippen LogP contribution is -2.13. The van der Waals surface area contributed by atoms with Gasteiger partial charge in [-0.3, -0.25) is 9.59 Å². The Balaban J connectivity index is 2.12. The van der Waals surface area contributed by atoms with Gasteiger partial charge >= 0.3 is 7.69 Å². The fraction of sp³-hybridized carbons (Fsp3) is 0.125. The first-order valence-corrected chi connectivity index (χ1v) is 6.75. The Morgan fingerprint density at radius 2 is 1.22 bits per heavy atom. The van der Waals surface area contributed by atoms with Crippen molar-refractivity contribution < 1.29 is 28.4 Å². The van der Waals surface area contributed by atoms with Crippen LogP contribution in [-0.2, 0) is 0 Å². The number of carbonyl (C=O) groups is 2. The molecule has 0 N–H and O–H groups in total. The van der Waals surface area contributed by atoms with Crippen molar-refractivity contribution in [2.45, 2.75) is 0 Å². The molecule has 0 unspecified atom stereocenters. The van der Waals surface area contributed by atoms with Crippen LogP contribution in [0.2, 0.25) is 0 Å². The first-order chi connectivity index (χ1) is 11.2. The molecule has 0 aliphatic heterocycles. The highest BCUT2D eigenvalue weighted by atomic mass is 16.6. The Kier molecular flexibility index (Phi) is 5.63. The van der Waals surface area contributed by atoms with Crippen molar-refractivity contribution in [3.05, 3.63) is 47.5 Å². The van der Waals surface area contributed by atoms with Gasteiger partial charge in [-0.2, -0.15) is 0 Å². The number of hydrogen-bond donors (Lipinski definition) is 0. The monoisotopic (exact) mass is 314 g/mol. The molecule has 0 radical (unpaired) electrons. The topological polar surface area (TPSA) is 71.1 Å². The minimum Gasteiger partial charge on any atom is -0.526 e. The van der Waals surface area contributed by atoms with Gasteiger partial charge in [0.25, 0.3) is 0 Å². The molecule has 0 fully saturated rings. The summed E-state index contributed by atoms with van der Waals surface area (Å²) >= 11 is 0. The van der Waals surface area contributed by atoms with Crippen molar-refractivity contribution in [3.63, 3.8) is 0 Å². The molecule has 0 aliphatic carbocycles. The predicted octanol–water partition coefficient (Wildman–Crippen LogP) is 2.05. The van der Waals surface area contributed by atoms with Crippen LogP contribution >= 0.6 is 0 Å². The van der Waals surface area contributed by atoms with Crippen LogP contribution in [0.25, 0.3) is 0 Å². The molecule has 0 amide bonds. The summed E-state index contributed by atoms with van der Waals surface area (Å²) in [5.74, 6) is 1.42. The molecule has 0 saturated carbocycles. The smallest absolute Gasteiger partial charge is 0.526 e. The molecular formula is C16H15BO6. The van der Waals surface area contributed by atoms with Crippen molar-refractivity contribution in [1.29, 1.82) is 0 Å². The summed E-state index contributed by atoms with van der Waals surface area (Å²) in [5.41, 5.74) is 0.760. The van der Waals surface area contributed by atoms with E-state index in [1.165, 1.54) is 14.2 Å². The van der Waals surface area contributed by atoms with Crippen LogP contribution in [0.1, 0.15) is 20.7 Å². The van der Waals surface area contributed by atoms with Gasteiger partial charge in [0.2, 0.25) is 0 Å². The van der Waals surface area contributed by atoms with Gasteiger partial charge in [0.15, 0.2) is 24.1 Å². The molecule has 0 saturated heterocycles. The lowest BCUT2D eigenvalue weighted by molar-refractivity contribution is 0.111. The maximum Gasteiger partial charge on any atom is 0.576 e. The summed E-state index contributed by atoms with van der Waals surface area (Å²) in [7, 11) is 2.76. The van der Waals surface area contributed by atoms with Crippen LogP contribution in [0.3, 0.4) is 0 Å². The highest BCUT2D eigenvalue weighted by Crippen LogP contribution is 2.31. The van der Waals surface area contributed by atoms with Crippen LogP contribution in [0.5, 0.6) is 23.0 Å². The van der Waals surface area contributed by atoms with E-state index in [-0.39, 0.29) is 7.69 Å². The lowest BCUT2D eigenvalue weighted by Gasteiger charge is -2.14. The Bertz CT molecular complexity index is 641. The van der Waals surface area contributed by atoms with Crippen molar-refractivity contribution in [1.82, 2.24) is 0 Å². The fourth-order valence-corrected chi connectivity index (χ4v) is 2.07. The van der Waals surface area contributed by atoms with Crippen LogP contribution < -0.4 is 18.8 Å². The number of aldehydes is 2. The third-order valence-corrected chi connectivity index (χ3v) is 3.11. The Hall–Kier alpha value is -2.96. The van der Waals surface area contributed by atoms with Gasteiger partial charge in [-0.1, -0.05) is 12.1 Å². The first-order valence-electron chi connectivity index (χ1n) is 6.75. The number of carbonyl (C=O) groups excluding carboxylic acids is 2. The van der Waals surface area contributed by atoms with Gasteiger partial charge in [-0.05, 0) is 24.3 Å². The van der Waals surface area contributed by atoms with Crippen molar-refractivity contribution in [3.8, 4) is 23.0 Å². The van der Waals surface area contributed by atoms with Crippen molar-refractivity contribution >= 4 is 20.3 Å². The summed E-state index contributed by atoms with van der Waals surface area (Å²) in [4.78, 5) is 21.9. The highest BCUT2D eigenvalue weighted by Gasteiger charge is 2.13. The average molecular weight is 314 g/mol. The minimum atomic E-state index is -0.142. The molecular weight excluding hydrogens is 299 g/mol. The van der Waals surface area contributed by atoms with E-state index < -0.39 is 0 Å². The standard InChI is InChI=1S/C16H15BO6/c1-20-15-11(9-18)5-3-7-13(15)22-17-23-14-8-4-6-12(10-19)16(14)21-2/h3-10,17H,1-2H3. The third kappa shape index (κ3) is 3.63. The number of methoxy groups -OCH3 is 2. The molecule has 118 valence electrons.